The lowest BCUT2D eigenvalue weighted by molar-refractivity contribution is -0.141. The third-order valence-corrected chi connectivity index (χ3v) is 3.92. The zero-order chi connectivity index (χ0) is 15.4. The zero-order valence-electron chi connectivity index (χ0n) is 12.1. The summed E-state index contributed by atoms with van der Waals surface area (Å²) in [4.78, 5) is 25.0. The summed E-state index contributed by atoms with van der Waals surface area (Å²) in [6.07, 6.45) is 2.05. The number of aliphatic carboxylic acids is 1. The molecule has 2 rings (SSSR count). The monoisotopic (exact) mass is 293 g/mol. The molecular formula is C16H20FNO3. The van der Waals surface area contributed by atoms with Crippen molar-refractivity contribution in [2.75, 3.05) is 6.54 Å². The number of nitrogens with zero attached hydrogens (tertiary/aromatic N) is 1. The maximum Gasteiger partial charge on any atom is 0.305 e. The van der Waals surface area contributed by atoms with Gasteiger partial charge in [0.05, 0.1) is 6.42 Å². The van der Waals surface area contributed by atoms with E-state index < -0.39 is 5.97 Å². The Morgan fingerprint density at radius 1 is 1.48 bits per heavy atom. The lowest BCUT2D eigenvalue weighted by Gasteiger charge is -2.26. The van der Waals surface area contributed by atoms with Gasteiger partial charge >= 0.3 is 5.97 Å². The number of halogens is 1. The number of hydrogen-bond acceptors (Lipinski definition) is 2. The second-order valence-electron chi connectivity index (χ2n) is 5.66. The molecule has 5 heteroatoms. The summed E-state index contributed by atoms with van der Waals surface area (Å²) >= 11 is 0. The Labute approximate surface area is 123 Å². The van der Waals surface area contributed by atoms with Crippen LogP contribution in [0.1, 0.15) is 31.7 Å². The maximum atomic E-state index is 13.2. The average molecular weight is 293 g/mol. The molecule has 1 heterocycles. The van der Waals surface area contributed by atoms with Gasteiger partial charge in [-0.05, 0) is 37.0 Å². The van der Waals surface area contributed by atoms with E-state index in [0.29, 0.717) is 13.0 Å². The van der Waals surface area contributed by atoms with Gasteiger partial charge in [0.15, 0.2) is 0 Å². The van der Waals surface area contributed by atoms with Gasteiger partial charge in [0, 0.05) is 18.5 Å². The summed E-state index contributed by atoms with van der Waals surface area (Å²) in [6.45, 7) is 2.42. The van der Waals surface area contributed by atoms with E-state index in [-0.39, 0.29) is 30.1 Å². The highest BCUT2D eigenvalue weighted by Gasteiger charge is 2.32. The molecule has 1 aliphatic rings. The van der Waals surface area contributed by atoms with E-state index >= 15 is 0 Å². The van der Waals surface area contributed by atoms with Crippen LogP contribution in [-0.4, -0.2) is 34.5 Å². The molecule has 0 spiro atoms. The molecule has 2 atom stereocenters. The van der Waals surface area contributed by atoms with Crippen LogP contribution >= 0.6 is 0 Å². The predicted molar refractivity (Wildman–Crippen MR) is 76.3 cm³/mol. The van der Waals surface area contributed by atoms with E-state index in [2.05, 4.69) is 0 Å². The third kappa shape index (κ3) is 4.03. The third-order valence-electron chi connectivity index (χ3n) is 3.92. The lowest BCUT2D eigenvalue weighted by Crippen LogP contribution is -2.40. The molecule has 21 heavy (non-hydrogen) atoms. The van der Waals surface area contributed by atoms with Crippen molar-refractivity contribution in [3.05, 3.63) is 35.6 Å². The lowest BCUT2D eigenvalue weighted by atomic mass is 9.99. The fourth-order valence-electron chi connectivity index (χ4n) is 2.93. The minimum atomic E-state index is -0.877. The number of benzene rings is 1. The number of likely N-dealkylation sites (tertiary alicyclic amines) is 1. The van der Waals surface area contributed by atoms with Crippen molar-refractivity contribution in [3.63, 3.8) is 0 Å². The summed E-state index contributed by atoms with van der Waals surface area (Å²) < 4.78 is 13.2. The van der Waals surface area contributed by atoms with Crippen LogP contribution in [0.25, 0.3) is 0 Å². The van der Waals surface area contributed by atoms with E-state index in [0.717, 1.165) is 18.4 Å². The Hall–Kier alpha value is -1.91. The maximum absolute atomic E-state index is 13.2. The molecule has 0 aromatic heterocycles. The summed E-state index contributed by atoms with van der Waals surface area (Å²) in [5.74, 6) is -1.50. The van der Waals surface area contributed by atoms with Gasteiger partial charge in [0.1, 0.15) is 5.82 Å². The van der Waals surface area contributed by atoms with Crippen LogP contribution in [0, 0.1) is 11.7 Å². The first-order chi connectivity index (χ1) is 9.97. The van der Waals surface area contributed by atoms with E-state index in [1.807, 2.05) is 6.92 Å². The summed E-state index contributed by atoms with van der Waals surface area (Å²) in [6, 6.07) is 6.03. The average Bonchev–Trinajstić information content (AvgIpc) is 2.85. The van der Waals surface area contributed by atoms with Gasteiger partial charge in [-0.15, -0.1) is 0 Å². The molecule has 2 unspecified atom stereocenters. The Morgan fingerprint density at radius 3 is 2.90 bits per heavy atom. The first-order valence-corrected chi connectivity index (χ1v) is 7.24. The topological polar surface area (TPSA) is 57.6 Å². The first kappa shape index (κ1) is 15.5. The molecule has 1 aliphatic heterocycles. The molecule has 1 saturated heterocycles. The van der Waals surface area contributed by atoms with Crippen LogP contribution in [-0.2, 0) is 16.0 Å². The van der Waals surface area contributed by atoms with Crippen molar-refractivity contribution >= 4 is 11.9 Å². The molecule has 4 nitrogen and oxygen atoms in total. The quantitative estimate of drug-likeness (QED) is 0.907. The summed E-state index contributed by atoms with van der Waals surface area (Å²) in [7, 11) is 0. The van der Waals surface area contributed by atoms with Crippen LogP contribution in [0.15, 0.2) is 24.3 Å². The molecule has 0 bridgehead atoms. The van der Waals surface area contributed by atoms with E-state index in [1.54, 1.807) is 17.0 Å². The van der Waals surface area contributed by atoms with Gasteiger partial charge in [0.2, 0.25) is 5.91 Å². The molecule has 1 amide bonds. The standard InChI is InChI=1S/C16H20FNO3/c1-11(8-12-4-2-5-13(17)9-12)16(21)18-7-3-6-14(18)10-15(19)20/h2,4-5,9,11,14H,3,6-8,10H2,1H3,(H,19,20). The Morgan fingerprint density at radius 2 is 2.24 bits per heavy atom. The van der Waals surface area contributed by atoms with Crippen molar-refractivity contribution in [1.29, 1.82) is 0 Å². The second-order valence-corrected chi connectivity index (χ2v) is 5.66. The van der Waals surface area contributed by atoms with Gasteiger partial charge < -0.3 is 10.0 Å². The van der Waals surface area contributed by atoms with Crippen LogP contribution < -0.4 is 0 Å². The fraction of sp³-hybridized carbons (Fsp3) is 0.500. The van der Waals surface area contributed by atoms with Gasteiger partial charge in [0.25, 0.3) is 0 Å². The van der Waals surface area contributed by atoms with Crippen LogP contribution in [0.4, 0.5) is 4.39 Å². The number of amides is 1. The second kappa shape index (κ2) is 6.70. The molecule has 1 N–H and O–H groups in total. The van der Waals surface area contributed by atoms with Crippen LogP contribution in [0.5, 0.6) is 0 Å². The molecule has 1 aromatic rings. The highest BCUT2D eigenvalue weighted by atomic mass is 19.1. The van der Waals surface area contributed by atoms with E-state index in [1.165, 1.54) is 12.1 Å². The molecular weight excluding hydrogens is 273 g/mol. The number of carbonyl (C=O) groups excluding carboxylic acids is 1. The van der Waals surface area contributed by atoms with Gasteiger partial charge in [-0.2, -0.15) is 0 Å². The smallest absolute Gasteiger partial charge is 0.305 e. The van der Waals surface area contributed by atoms with Crippen molar-refractivity contribution in [1.82, 2.24) is 4.90 Å². The molecule has 114 valence electrons. The van der Waals surface area contributed by atoms with E-state index in [9.17, 15) is 14.0 Å². The molecule has 0 aliphatic carbocycles. The minimum absolute atomic E-state index is 0.00156. The summed E-state index contributed by atoms with van der Waals surface area (Å²) in [5, 5.41) is 8.90. The Kier molecular flexibility index (Phi) is 4.94. The summed E-state index contributed by atoms with van der Waals surface area (Å²) in [5.41, 5.74) is 0.782. The number of rotatable bonds is 5. The first-order valence-electron chi connectivity index (χ1n) is 7.24. The van der Waals surface area contributed by atoms with Crippen molar-refractivity contribution < 1.29 is 19.1 Å². The van der Waals surface area contributed by atoms with Crippen molar-refractivity contribution in [2.24, 2.45) is 5.92 Å². The van der Waals surface area contributed by atoms with Crippen molar-refractivity contribution in [3.8, 4) is 0 Å². The normalized spacial score (nSPS) is 19.5. The highest BCUT2D eigenvalue weighted by molar-refractivity contribution is 5.80. The Bertz CT molecular complexity index is 532. The van der Waals surface area contributed by atoms with E-state index in [4.69, 9.17) is 5.11 Å². The number of carboxylic acids is 1. The molecule has 0 saturated carbocycles. The molecule has 0 radical (unpaired) electrons. The predicted octanol–water partition coefficient (Wildman–Crippen LogP) is 2.47. The Balaban J connectivity index is 1.99. The van der Waals surface area contributed by atoms with Crippen LogP contribution in [0.2, 0.25) is 0 Å². The number of carboxylic acid groups (broad SMARTS) is 1. The van der Waals surface area contributed by atoms with Gasteiger partial charge in [-0.25, -0.2) is 4.39 Å². The van der Waals surface area contributed by atoms with Gasteiger partial charge in [-0.1, -0.05) is 19.1 Å². The number of carbonyl (C=O) groups is 2. The SMILES string of the molecule is CC(Cc1cccc(F)c1)C(=O)N1CCCC1CC(=O)O. The molecule has 1 aromatic carbocycles. The minimum Gasteiger partial charge on any atom is -0.481 e. The van der Waals surface area contributed by atoms with Crippen molar-refractivity contribution in [2.45, 2.75) is 38.6 Å². The largest absolute Gasteiger partial charge is 0.481 e. The molecule has 1 fully saturated rings. The van der Waals surface area contributed by atoms with Gasteiger partial charge in [-0.3, -0.25) is 9.59 Å². The zero-order valence-corrected chi connectivity index (χ0v) is 12.1. The van der Waals surface area contributed by atoms with Crippen LogP contribution in [0.3, 0.4) is 0 Å². The fourth-order valence-corrected chi connectivity index (χ4v) is 2.93. The number of hydrogen-bond donors (Lipinski definition) is 1. The highest BCUT2D eigenvalue weighted by Crippen LogP contribution is 2.23.